The number of nitrogens with zero attached hydrogens (tertiary/aromatic N) is 1. The van der Waals surface area contributed by atoms with Crippen LogP contribution in [0.4, 0.5) is 0 Å². The molecule has 5 nitrogen and oxygen atoms in total. The Labute approximate surface area is 139 Å². The minimum absolute atomic E-state index is 0.0424. The molecule has 1 aliphatic rings. The molecule has 0 saturated carbocycles. The van der Waals surface area contributed by atoms with Crippen LogP contribution in [-0.4, -0.2) is 43.5 Å². The van der Waals surface area contributed by atoms with Gasteiger partial charge in [-0.3, -0.25) is 10.2 Å². The van der Waals surface area contributed by atoms with Gasteiger partial charge in [0.2, 0.25) is 5.91 Å². The zero-order valence-electron chi connectivity index (χ0n) is 14.7. The Morgan fingerprint density at radius 1 is 1.26 bits per heavy atom. The third-order valence-corrected chi connectivity index (χ3v) is 4.69. The molecule has 1 aromatic rings. The second-order valence-electron chi connectivity index (χ2n) is 6.70. The molecule has 5 heteroatoms. The molecule has 1 heterocycles. The Balaban J connectivity index is 2.03. The van der Waals surface area contributed by atoms with Crippen molar-refractivity contribution in [2.45, 2.75) is 44.8 Å². The molecule has 0 aliphatic carbocycles. The van der Waals surface area contributed by atoms with Crippen molar-refractivity contribution in [3.63, 3.8) is 0 Å². The number of carbonyl (C=O) groups excluding carboxylic acids is 1. The predicted octanol–water partition coefficient (Wildman–Crippen LogP) is 1.69. The molecular weight excluding hydrogens is 288 g/mol. The lowest BCUT2D eigenvalue weighted by Crippen LogP contribution is -2.46. The largest absolute Gasteiger partial charge is 0.348 e. The second kappa shape index (κ2) is 8.43. The van der Waals surface area contributed by atoms with Gasteiger partial charge in [0.05, 0.1) is 6.04 Å². The van der Waals surface area contributed by atoms with Gasteiger partial charge in [-0.2, -0.15) is 0 Å². The molecule has 3 N–H and O–H groups in total. The van der Waals surface area contributed by atoms with Gasteiger partial charge in [-0.1, -0.05) is 44.2 Å². The topological polar surface area (TPSA) is 56.4 Å². The number of carbonyl (C=O) groups is 1. The highest BCUT2D eigenvalue weighted by molar-refractivity contribution is 5.82. The summed E-state index contributed by atoms with van der Waals surface area (Å²) in [4.78, 5) is 14.9. The van der Waals surface area contributed by atoms with E-state index in [9.17, 15) is 4.79 Å². The molecule has 1 saturated heterocycles. The number of rotatable bonds is 7. The van der Waals surface area contributed by atoms with Crippen LogP contribution in [0.1, 0.15) is 38.3 Å². The molecule has 0 spiro atoms. The van der Waals surface area contributed by atoms with Crippen LogP contribution in [0.25, 0.3) is 0 Å². The number of benzene rings is 1. The van der Waals surface area contributed by atoms with Gasteiger partial charge in [0.1, 0.15) is 6.04 Å². The number of hydrazine groups is 1. The summed E-state index contributed by atoms with van der Waals surface area (Å²) in [6.07, 6.45) is 1.91. The summed E-state index contributed by atoms with van der Waals surface area (Å²) >= 11 is 0. The van der Waals surface area contributed by atoms with Crippen LogP contribution in [0.3, 0.4) is 0 Å². The van der Waals surface area contributed by atoms with Crippen molar-refractivity contribution in [2.75, 3.05) is 20.6 Å². The molecule has 4 unspecified atom stereocenters. The lowest BCUT2D eigenvalue weighted by Gasteiger charge is -2.24. The fourth-order valence-electron chi connectivity index (χ4n) is 3.13. The molecule has 23 heavy (non-hydrogen) atoms. The van der Waals surface area contributed by atoms with Crippen molar-refractivity contribution >= 4 is 5.91 Å². The average Bonchev–Trinajstić information content (AvgIpc) is 2.92. The van der Waals surface area contributed by atoms with E-state index >= 15 is 0 Å². The first-order valence-electron chi connectivity index (χ1n) is 8.54. The van der Waals surface area contributed by atoms with Crippen LogP contribution in [-0.2, 0) is 4.79 Å². The Morgan fingerprint density at radius 3 is 2.52 bits per heavy atom. The standard InChI is InChI=1S/C18H30N4O/c1-5-15-13(2)17(21-20-15)18(23)19-16(11-12-22(3)4)14-9-7-6-8-10-14/h6-10,13,15-17,20-21H,5,11-12H2,1-4H3,(H,19,23). The van der Waals surface area contributed by atoms with E-state index in [-0.39, 0.29) is 23.9 Å². The smallest absolute Gasteiger partial charge is 0.239 e. The minimum atomic E-state index is -0.175. The third-order valence-electron chi connectivity index (χ3n) is 4.69. The van der Waals surface area contributed by atoms with E-state index in [1.807, 2.05) is 18.2 Å². The molecule has 1 fully saturated rings. The zero-order valence-corrected chi connectivity index (χ0v) is 14.7. The molecule has 1 amide bonds. The zero-order chi connectivity index (χ0) is 16.8. The second-order valence-corrected chi connectivity index (χ2v) is 6.70. The van der Waals surface area contributed by atoms with Gasteiger partial charge in [-0.05, 0) is 45.0 Å². The van der Waals surface area contributed by atoms with Gasteiger partial charge in [0.25, 0.3) is 0 Å². The summed E-state index contributed by atoms with van der Waals surface area (Å²) in [6, 6.07) is 10.4. The van der Waals surface area contributed by atoms with E-state index in [2.05, 4.69) is 61.1 Å². The van der Waals surface area contributed by atoms with Gasteiger partial charge in [-0.25, -0.2) is 5.43 Å². The highest BCUT2D eigenvalue weighted by Gasteiger charge is 2.36. The van der Waals surface area contributed by atoms with Crippen LogP contribution in [0, 0.1) is 5.92 Å². The van der Waals surface area contributed by atoms with Crippen molar-refractivity contribution in [1.82, 2.24) is 21.1 Å². The lowest BCUT2D eigenvalue weighted by atomic mass is 9.93. The maximum atomic E-state index is 12.7. The molecule has 4 atom stereocenters. The summed E-state index contributed by atoms with van der Waals surface area (Å²) in [6.45, 7) is 5.20. The Kier molecular flexibility index (Phi) is 6.57. The maximum Gasteiger partial charge on any atom is 0.239 e. The number of hydrogen-bond acceptors (Lipinski definition) is 4. The maximum absolute atomic E-state index is 12.7. The van der Waals surface area contributed by atoms with Crippen LogP contribution in [0.5, 0.6) is 0 Å². The highest BCUT2D eigenvalue weighted by atomic mass is 16.2. The molecular formula is C18H30N4O. The molecule has 1 aromatic carbocycles. The fraction of sp³-hybridized carbons (Fsp3) is 0.611. The molecule has 2 rings (SSSR count). The van der Waals surface area contributed by atoms with E-state index in [1.165, 1.54) is 0 Å². The van der Waals surface area contributed by atoms with Gasteiger partial charge in [-0.15, -0.1) is 0 Å². The quantitative estimate of drug-likeness (QED) is 0.716. The first-order chi connectivity index (χ1) is 11.0. The Hall–Kier alpha value is -1.43. The summed E-state index contributed by atoms with van der Waals surface area (Å²) < 4.78 is 0. The fourth-order valence-corrected chi connectivity index (χ4v) is 3.13. The Bertz CT molecular complexity index is 491. The van der Waals surface area contributed by atoms with Crippen LogP contribution >= 0.6 is 0 Å². The monoisotopic (exact) mass is 318 g/mol. The minimum Gasteiger partial charge on any atom is -0.348 e. The summed E-state index contributed by atoms with van der Waals surface area (Å²) in [5, 5.41) is 3.24. The average molecular weight is 318 g/mol. The first-order valence-corrected chi connectivity index (χ1v) is 8.54. The van der Waals surface area contributed by atoms with Gasteiger partial charge in [0, 0.05) is 6.04 Å². The number of amides is 1. The first kappa shape index (κ1) is 17.9. The van der Waals surface area contributed by atoms with Crippen molar-refractivity contribution in [1.29, 1.82) is 0 Å². The molecule has 1 aliphatic heterocycles. The van der Waals surface area contributed by atoms with Crippen LogP contribution < -0.4 is 16.2 Å². The SMILES string of the molecule is CCC1NNC(C(=O)NC(CCN(C)C)c2ccccc2)C1C. The van der Waals surface area contributed by atoms with Gasteiger partial charge < -0.3 is 10.2 Å². The van der Waals surface area contributed by atoms with E-state index < -0.39 is 0 Å². The van der Waals surface area contributed by atoms with Crippen LogP contribution in [0.2, 0.25) is 0 Å². The van der Waals surface area contributed by atoms with Crippen molar-refractivity contribution in [2.24, 2.45) is 5.92 Å². The van der Waals surface area contributed by atoms with E-state index in [4.69, 9.17) is 0 Å². The number of nitrogens with one attached hydrogen (secondary N) is 3. The van der Waals surface area contributed by atoms with E-state index in [0.29, 0.717) is 6.04 Å². The van der Waals surface area contributed by atoms with E-state index in [0.717, 1.165) is 24.9 Å². The highest BCUT2D eigenvalue weighted by Crippen LogP contribution is 2.20. The lowest BCUT2D eigenvalue weighted by molar-refractivity contribution is -0.124. The number of hydrogen-bond donors (Lipinski definition) is 3. The Morgan fingerprint density at radius 2 is 1.96 bits per heavy atom. The summed E-state index contributed by atoms with van der Waals surface area (Å²) in [5.74, 6) is 0.360. The molecule has 0 radical (unpaired) electrons. The molecule has 0 bridgehead atoms. The van der Waals surface area contributed by atoms with E-state index in [1.54, 1.807) is 0 Å². The van der Waals surface area contributed by atoms with Crippen LogP contribution in [0.15, 0.2) is 30.3 Å². The summed E-state index contributed by atoms with van der Waals surface area (Å²) in [7, 11) is 4.11. The van der Waals surface area contributed by atoms with Crippen molar-refractivity contribution in [3.8, 4) is 0 Å². The summed E-state index contributed by atoms with van der Waals surface area (Å²) in [5.41, 5.74) is 7.55. The third kappa shape index (κ3) is 4.77. The predicted molar refractivity (Wildman–Crippen MR) is 93.8 cm³/mol. The molecule has 128 valence electrons. The normalized spacial score (nSPS) is 25.5. The van der Waals surface area contributed by atoms with Gasteiger partial charge >= 0.3 is 0 Å². The molecule has 0 aromatic heterocycles. The van der Waals surface area contributed by atoms with Crippen molar-refractivity contribution < 1.29 is 4.79 Å². The van der Waals surface area contributed by atoms with Gasteiger partial charge in [0.15, 0.2) is 0 Å². The van der Waals surface area contributed by atoms with Crippen molar-refractivity contribution in [3.05, 3.63) is 35.9 Å².